The lowest BCUT2D eigenvalue weighted by atomic mass is 9.55. The Bertz CT molecular complexity index is 4920. The zero-order valence-corrected chi connectivity index (χ0v) is 40.2. The van der Waals surface area contributed by atoms with Gasteiger partial charge in [0.1, 0.15) is 5.45 Å². The van der Waals surface area contributed by atoms with Crippen LogP contribution in [-0.2, 0) is 10.8 Å². The molecule has 0 atom stereocenters. The van der Waals surface area contributed by atoms with Crippen molar-refractivity contribution in [2.24, 2.45) is 0 Å². The van der Waals surface area contributed by atoms with E-state index in [1.165, 1.54) is 0 Å². The fourth-order valence-electron chi connectivity index (χ4n) is 12.3. The highest BCUT2D eigenvalue weighted by molar-refractivity contribution is 7.19. The summed E-state index contributed by atoms with van der Waals surface area (Å²) in [6.45, 7) is 4.42. The van der Waals surface area contributed by atoms with Crippen molar-refractivity contribution in [2.45, 2.75) is 24.7 Å². The first kappa shape index (κ1) is 28.8. The van der Waals surface area contributed by atoms with Gasteiger partial charge in [-0.1, -0.05) is 238 Å². The van der Waals surface area contributed by atoms with E-state index in [9.17, 15) is 11.0 Å². The van der Waals surface area contributed by atoms with Gasteiger partial charge in [-0.2, -0.15) is 4.98 Å². The number of fused-ring (bicyclic) bond motifs is 15. The number of hydrogen-bond acceptors (Lipinski definition) is 3. The van der Waals surface area contributed by atoms with Crippen LogP contribution in [0.4, 0.5) is 0 Å². The molecule has 3 aromatic heterocycles. The van der Waals surface area contributed by atoms with Gasteiger partial charge in [0, 0.05) is 27.0 Å². The molecule has 1 spiro atoms. The molecule has 6 heteroatoms. The van der Waals surface area contributed by atoms with Crippen molar-refractivity contribution in [3.05, 3.63) is 282 Å². The van der Waals surface area contributed by atoms with Crippen molar-refractivity contribution in [2.75, 3.05) is 0 Å². The third-order valence-corrected chi connectivity index (χ3v) is 19.8. The molecule has 15 rings (SSSR count). The molecule has 0 amide bonds. The molecule has 0 bridgehead atoms. The second-order valence-electron chi connectivity index (χ2n) is 19.1. The molecule has 0 saturated heterocycles. The van der Waals surface area contributed by atoms with E-state index in [2.05, 4.69) is 105 Å². The second-order valence-corrected chi connectivity index (χ2v) is 22.8. The van der Waals surface area contributed by atoms with Crippen LogP contribution in [0.3, 0.4) is 0 Å². The van der Waals surface area contributed by atoms with Crippen LogP contribution in [0.1, 0.15) is 69.2 Å². The number of nitrogens with zero attached hydrogens (tertiary/aromatic N) is 5. The summed E-state index contributed by atoms with van der Waals surface area (Å²) in [5.74, 6) is -0.906. The first-order valence-corrected chi connectivity index (χ1v) is 26.0. The fourth-order valence-corrected chi connectivity index (χ4v) is 16.7. The average molecular weight is 966 g/mol. The van der Waals surface area contributed by atoms with Crippen LogP contribution >= 0.6 is 0 Å². The van der Waals surface area contributed by atoms with Crippen LogP contribution in [0.2, 0.25) is 0 Å². The van der Waals surface area contributed by atoms with Crippen LogP contribution in [-0.4, -0.2) is 32.2 Å². The minimum atomic E-state index is -4.34. The summed E-state index contributed by atoms with van der Waals surface area (Å²) in [5, 5.41) is 1.10. The van der Waals surface area contributed by atoms with Crippen LogP contribution in [0, 0.1) is 0 Å². The maximum absolute atomic E-state index is 9.65. The van der Waals surface area contributed by atoms with Crippen LogP contribution < -0.4 is 21.0 Å². The Balaban J connectivity index is 1.18. The van der Waals surface area contributed by atoms with E-state index in [1.807, 2.05) is 60.7 Å². The van der Waals surface area contributed by atoms with E-state index in [0.29, 0.717) is 10.4 Å². The molecule has 3 heterocycles. The van der Waals surface area contributed by atoms with E-state index in [4.69, 9.17) is 25.9 Å². The summed E-state index contributed by atoms with van der Waals surface area (Å²) in [4.78, 5) is 16.2. The quantitative estimate of drug-likeness (QED) is 0.123. The van der Waals surface area contributed by atoms with Gasteiger partial charge in [0.25, 0.3) is 0 Å². The molecule has 0 fully saturated rings. The van der Waals surface area contributed by atoms with Gasteiger partial charge in [-0.25, -0.2) is 9.97 Å². The largest absolute Gasteiger partial charge is 0.278 e. The Hall–Kier alpha value is -8.97. The van der Waals surface area contributed by atoms with Crippen molar-refractivity contribution in [3.63, 3.8) is 0 Å². The average Bonchev–Trinajstić information content (AvgIpc) is 1.64. The molecular weight excluding hydrogens is 903 g/mol. The Morgan fingerprint density at radius 2 is 0.753 bits per heavy atom. The lowest BCUT2D eigenvalue weighted by Gasteiger charge is -2.47. The van der Waals surface area contributed by atoms with Crippen LogP contribution in [0.15, 0.2) is 248 Å². The molecule has 0 aliphatic heterocycles. The number of benzene rings is 10. The molecular formula is C67H47N5Si. The molecule has 73 heavy (non-hydrogen) atoms. The molecule has 344 valence electrons. The molecule has 2 aliphatic rings. The third kappa shape index (κ3) is 5.58. The lowest BCUT2D eigenvalue weighted by Crippen LogP contribution is -2.76. The highest BCUT2D eigenvalue weighted by Gasteiger charge is 2.54. The van der Waals surface area contributed by atoms with Gasteiger partial charge >= 0.3 is 0 Å². The zero-order chi connectivity index (χ0) is 62.4. The summed E-state index contributed by atoms with van der Waals surface area (Å²) in [5.41, 5.74) is 5.89. The predicted octanol–water partition coefficient (Wildman–Crippen LogP) is 12.4. The van der Waals surface area contributed by atoms with E-state index in [0.717, 1.165) is 58.8 Å². The van der Waals surface area contributed by atoms with E-state index in [1.54, 1.807) is 0 Å². The van der Waals surface area contributed by atoms with Gasteiger partial charge in [0.05, 0.1) is 49.4 Å². The van der Waals surface area contributed by atoms with Gasteiger partial charge in [0.2, 0.25) is 20.0 Å². The van der Waals surface area contributed by atoms with E-state index < -0.39 is 127 Å². The van der Waals surface area contributed by atoms with Gasteiger partial charge in [0.15, 0.2) is 0 Å². The van der Waals surface area contributed by atoms with Gasteiger partial charge < -0.3 is 0 Å². The summed E-state index contributed by atoms with van der Waals surface area (Å²) in [6.07, 6.45) is 0. The number of hydrogen-bond donors (Lipinski definition) is 0. The van der Waals surface area contributed by atoms with Crippen molar-refractivity contribution in [1.29, 1.82) is 0 Å². The first-order valence-electron chi connectivity index (χ1n) is 32.0. The van der Waals surface area contributed by atoms with Crippen molar-refractivity contribution >= 4 is 72.7 Å². The smallest absolute Gasteiger partial charge is 0.239 e. The highest BCUT2D eigenvalue weighted by Crippen LogP contribution is 2.62. The number of aromatic nitrogens is 5. The topological polar surface area (TPSA) is 48.5 Å². The maximum atomic E-state index is 9.65. The van der Waals surface area contributed by atoms with Crippen LogP contribution in [0.25, 0.3) is 66.6 Å². The van der Waals surface area contributed by atoms with Crippen LogP contribution in [0.5, 0.6) is 0 Å². The number of rotatable bonds is 6. The Morgan fingerprint density at radius 1 is 0.370 bits per heavy atom. The summed E-state index contributed by atoms with van der Waals surface area (Å²) in [7, 11) is -4.34. The summed E-state index contributed by atoms with van der Waals surface area (Å²) in [6, 6.07) is 40.7. The summed E-state index contributed by atoms with van der Waals surface area (Å²) < 4.78 is 150. The van der Waals surface area contributed by atoms with Crippen molar-refractivity contribution in [3.8, 4) is 23.0 Å². The monoisotopic (exact) mass is 965 g/mol. The fraction of sp³-hybridized carbons (Fsp3) is 0.0597. The molecule has 0 radical (unpaired) electrons. The maximum Gasteiger partial charge on any atom is 0.239 e. The molecule has 5 nitrogen and oxygen atoms in total. The normalized spacial score (nSPS) is 17.2. The highest BCUT2D eigenvalue weighted by atomic mass is 28.3. The lowest BCUT2D eigenvalue weighted by molar-refractivity contribution is 0.564. The molecule has 10 aromatic carbocycles. The van der Waals surface area contributed by atoms with Crippen molar-refractivity contribution < 1.29 is 21.9 Å². The molecule has 0 N–H and O–H groups in total. The SMILES string of the molecule is [2H]c1c([2H])c([2H])c2c(c1[2H])c1c([2H])c([2H])c([2H])c([2H])c1n2-c1nc(-n2c3c([2H])c([2H])c([2H])c([2H])c3c3c([2H])c([2H])c([2H])c([2H])c32)nc([Si](c2ccccc2)(c2ccccc2)c2ccc3c(c2)C(C)(C)c2ccccc2C32c3ccccc3-c3ccccc32)n1. The van der Waals surface area contributed by atoms with Crippen molar-refractivity contribution in [1.82, 2.24) is 24.1 Å². The summed E-state index contributed by atoms with van der Waals surface area (Å²) >= 11 is 0. The first-order chi connectivity index (χ1) is 42.6. The predicted molar refractivity (Wildman–Crippen MR) is 302 cm³/mol. The minimum Gasteiger partial charge on any atom is -0.278 e. The van der Waals surface area contributed by atoms with Gasteiger partial charge in [-0.15, -0.1) is 0 Å². The molecule has 0 saturated carbocycles. The Morgan fingerprint density at radius 3 is 1.22 bits per heavy atom. The van der Waals surface area contributed by atoms with Gasteiger partial charge in [-0.3, -0.25) is 9.13 Å². The molecule has 2 aliphatic carbocycles. The third-order valence-electron chi connectivity index (χ3n) is 15.3. The number of para-hydroxylation sites is 4. The standard InChI is InChI=1S/C67H47N5Si/c1-66(2)55-35-17-18-36-56(55)67(53-33-15-9-27-47(53)48-28-10-16-34-54(48)67)57-42-41-46(43-58(57)66)73(44-23-5-3-6-24-44,45-25-7-4-8-26-45)65-69-63(71-59-37-19-11-29-49(59)50-30-12-20-38-60(50)71)68-64(70-65)72-61-39-21-13-31-51(61)52-32-14-22-40-62(52)72/h3-43H,1-2H3/i11D,12D,13D,14D,19D,20D,21D,22D,29D,30D,31D,32D,37D,38D,39D,40D. The second kappa shape index (κ2) is 15.5. The minimum absolute atomic E-state index is 0.0171. The zero-order valence-electron chi connectivity index (χ0n) is 55.2. The Kier molecular flexibility index (Phi) is 6.11. The molecule has 13 aromatic rings. The van der Waals surface area contributed by atoms with E-state index in [-0.39, 0.29) is 49.1 Å². The molecule has 0 unspecified atom stereocenters. The van der Waals surface area contributed by atoms with E-state index >= 15 is 0 Å². The van der Waals surface area contributed by atoms with Gasteiger partial charge in [-0.05, 0) is 84.2 Å². The Labute approximate surface area is 446 Å².